The van der Waals surface area contributed by atoms with E-state index < -0.39 is 0 Å². The monoisotopic (exact) mass is 242 g/mol. The molecule has 1 rings (SSSR count). The minimum atomic E-state index is 0.138. The molecule has 0 nitrogen and oxygen atoms in total. The molecule has 1 atom stereocenters. The van der Waals surface area contributed by atoms with Crippen LogP contribution in [0.25, 0.3) is 0 Å². The number of rotatable bonds is 1. The molecule has 0 aromatic heterocycles. The van der Waals surface area contributed by atoms with Gasteiger partial charge in [-0.15, -0.1) is 6.42 Å². The summed E-state index contributed by atoms with van der Waals surface area (Å²) in [5, 5.41) is 0.711. The Hall–Kier alpha value is -0.450. The van der Waals surface area contributed by atoms with Gasteiger partial charge in [-0.3, -0.25) is 0 Å². The molecule has 0 heterocycles. The Morgan fingerprint density at radius 1 is 1.58 bits per heavy atom. The lowest BCUT2D eigenvalue weighted by Gasteiger charge is -2.05. The van der Waals surface area contributed by atoms with Crippen molar-refractivity contribution >= 4 is 27.5 Å². The zero-order valence-electron chi connectivity index (χ0n) is 6.64. The average molecular weight is 244 g/mol. The van der Waals surface area contributed by atoms with Crippen LogP contribution in [0.15, 0.2) is 22.7 Å². The molecule has 1 unspecified atom stereocenters. The van der Waals surface area contributed by atoms with E-state index in [0.717, 1.165) is 10.0 Å². The second-order valence-corrected chi connectivity index (χ2v) is 3.82. The van der Waals surface area contributed by atoms with Crippen molar-refractivity contribution in [2.24, 2.45) is 0 Å². The van der Waals surface area contributed by atoms with Crippen molar-refractivity contribution in [3.8, 4) is 12.3 Å². The minimum Gasteiger partial charge on any atom is -0.119 e. The van der Waals surface area contributed by atoms with Gasteiger partial charge in [0, 0.05) is 10.4 Å². The largest absolute Gasteiger partial charge is 0.119 e. The third kappa shape index (κ3) is 2.03. The second kappa shape index (κ2) is 3.98. The molecule has 0 bridgehead atoms. The van der Waals surface area contributed by atoms with Gasteiger partial charge >= 0.3 is 0 Å². The van der Waals surface area contributed by atoms with Gasteiger partial charge in [0.2, 0.25) is 0 Å². The van der Waals surface area contributed by atoms with E-state index in [2.05, 4.69) is 21.9 Å². The Kier molecular flexibility index (Phi) is 3.20. The van der Waals surface area contributed by atoms with Crippen molar-refractivity contribution in [1.29, 1.82) is 0 Å². The second-order valence-electron chi connectivity index (χ2n) is 2.56. The van der Waals surface area contributed by atoms with Gasteiger partial charge < -0.3 is 0 Å². The lowest BCUT2D eigenvalue weighted by molar-refractivity contribution is 1.00. The first-order valence-corrected chi connectivity index (χ1v) is 4.73. The molecule has 0 fully saturated rings. The summed E-state index contributed by atoms with van der Waals surface area (Å²) in [5.41, 5.74) is 1.11. The van der Waals surface area contributed by atoms with Crippen LogP contribution in [0, 0.1) is 12.3 Å². The van der Waals surface area contributed by atoms with E-state index in [1.54, 1.807) is 0 Å². The molecule has 62 valence electrons. The molecule has 2 heteroatoms. The third-order valence-electron chi connectivity index (χ3n) is 1.69. The lowest BCUT2D eigenvalue weighted by Crippen LogP contribution is -1.88. The van der Waals surface area contributed by atoms with Crippen LogP contribution in [0.4, 0.5) is 0 Å². The Labute approximate surface area is 86.1 Å². The predicted molar refractivity (Wildman–Crippen MR) is 56.4 cm³/mol. The average Bonchev–Trinajstić information content (AvgIpc) is 2.08. The molecule has 1 aromatic carbocycles. The quantitative estimate of drug-likeness (QED) is 0.658. The van der Waals surface area contributed by atoms with Gasteiger partial charge in [0.15, 0.2) is 0 Å². The third-order valence-corrected chi connectivity index (χ3v) is 2.91. The molecule has 0 aliphatic rings. The Morgan fingerprint density at radius 3 is 2.75 bits per heavy atom. The summed E-state index contributed by atoms with van der Waals surface area (Å²) in [7, 11) is 0. The highest BCUT2D eigenvalue weighted by Crippen LogP contribution is 2.26. The summed E-state index contributed by atoms with van der Waals surface area (Å²) in [4.78, 5) is 0. The first kappa shape index (κ1) is 9.64. The van der Waals surface area contributed by atoms with Gasteiger partial charge in [0.1, 0.15) is 0 Å². The van der Waals surface area contributed by atoms with E-state index in [4.69, 9.17) is 18.0 Å². The van der Waals surface area contributed by atoms with Crippen LogP contribution in [-0.2, 0) is 0 Å². The molecule has 0 saturated heterocycles. The number of hydrogen-bond acceptors (Lipinski definition) is 0. The first-order valence-electron chi connectivity index (χ1n) is 3.56. The standard InChI is InChI=1S/C10H8BrCl/c1-3-7(2)8-4-5-10(12)9(11)6-8/h1,4-7H,2H3. The van der Waals surface area contributed by atoms with Gasteiger partial charge in [0.25, 0.3) is 0 Å². The van der Waals surface area contributed by atoms with Gasteiger partial charge in [-0.25, -0.2) is 0 Å². The fourth-order valence-corrected chi connectivity index (χ4v) is 1.39. The number of benzene rings is 1. The smallest absolute Gasteiger partial charge is 0.0548 e. The maximum absolute atomic E-state index is 5.83. The van der Waals surface area contributed by atoms with Crippen molar-refractivity contribution in [3.63, 3.8) is 0 Å². The molecule has 1 aromatic rings. The summed E-state index contributed by atoms with van der Waals surface area (Å²) in [6.07, 6.45) is 5.29. The van der Waals surface area contributed by atoms with Crippen LogP contribution in [0.5, 0.6) is 0 Å². The summed E-state index contributed by atoms with van der Waals surface area (Å²) < 4.78 is 0.892. The SMILES string of the molecule is C#CC(C)c1ccc(Cl)c(Br)c1. The normalized spacial score (nSPS) is 12.2. The zero-order chi connectivity index (χ0) is 9.14. The molecule has 0 saturated carbocycles. The van der Waals surface area contributed by atoms with Gasteiger partial charge in [-0.1, -0.05) is 23.6 Å². The minimum absolute atomic E-state index is 0.138. The van der Waals surface area contributed by atoms with E-state index in [1.165, 1.54) is 0 Å². The molecule has 0 spiro atoms. The summed E-state index contributed by atoms with van der Waals surface area (Å²) in [6, 6.07) is 5.74. The van der Waals surface area contributed by atoms with Crippen molar-refractivity contribution in [1.82, 2.24) is 0 Å². The fourth-order valence-electron chi connectivity index (χ4n) is 0.878. The Morgan fingerprint density at radius 2 is 2.25 bits per heavy atom. The van der Waals surface area contributed by atoms with Crippen LogP contribution in [0.1, 0.15) is 18.4 Å². The number of halogens is 2. The fraction of sp³-hybridized carbons (Fsp3) is 0.200. The van der Waals surface area contributed by atoms with Crippen LogP contribution in [-0.4, -0.2) is 0 Å². The lowest BCUT2D eigenvalue weighted by atomic mass is 10.0. The first-order chi connectivity index (χ1) is 5.65. The Bertz CT molecular complexity index is 325. The maximum Gasteiger partial charge on any atom is 0.0548 e. The highest BCUT2D eigenvalue weighted by Gasteiger charge is 2.03. The zero-order valence-corrected chi connectivity index (χ0v) is 8.98. The molecule has 0 amide bonds. The van der Waals surface area contributed by atoms with Crippen molar-refractivity contribution in [2.45, 2.75) is 12.8 Å². The topological polar surface area (TPSA) is 0 Å². The molecule has 12 heavy (non-hydrogen) atoms. The van der Waals surface area contributed by atoms with Gasteiger partial charge in [0.05, 0.1) is 5.02 Å². The molecule has 0 N–H and O–H groups in total. The van der Waals surface area contributed by atoms with E-state index >= 15 is 0 Å². The molecular weight excluding hydrogens is 235 g/mol. The van der Waals surface area contributed by atoms with E-state index in [-0.39, 0.29) is 5.92 Å². The van der Waals surface area contributed by atoms with Crippen LogP contribution in [0.2, 0.25) is 5.02 Å². The Balaban J connectivity index is 3.06. The van der Waals surface area contributed by atoms with Crippen molar-refractivity contribution in [2.75, 3.05) is 0 Å². The van der Waals surface area contributed by atoms with Gasteiger partial charge in [-0.05, 0) is 40.5 Å². The number of hydrogen-bond donors (Lipinski definition) is 0. The summed E-state index contributed by atoms with van der Waals surface area (Å²) >= 11 is 9.17. The summed E-state index contributed by atoms with van der Waals surface area (Å²) in [6.45, 7) is 1.98. The maximum atomic E-state index is 5.83. The number of terminal acetylenes is 1. The highest BCUT2D eigenvalue weighted by molar-refractivity contribution is 9.10. The predicted octanol–water partition coefficient (Wildman–Crippen LogP) is 3.84. The molecular formula is C10H8BrCl. The molecule has 0 aliphatic heterocycles. The van der Waals surface area contributed by atoms with Gasteiger partial charge in [-0.2, -0.15) is 0 Å². The van der Waals surface area contributed by atoms with E-state index in [9.17, 15) is 0 Å². The van der Waals surface area contributed by atoms with Crippen LogP contribution in [0.3, 0.4) is 0 Å². The van der Waals surface area contributed by atoms with Crippen LogP contribution >= 0.6 is 27.5 Å². The molecule has 0 radical (unpaired) electrons. The molecule has 0 aliphatic carbocycles. The van der Waals surface area contributed by atoms with Crippen LogP contribution < -0.4 is 0 Å². The highest BCUT2D eigenvalue weighted by atomic mass is 79.9. The van der Waals surface area contributed by atoms with E-state index in [0.29, 0.717) is 5.02 Å². The van der Waals surface area contributed by atoms with Crippen molar-refractivity contribution < 1.29 is 0 Å². The van der Waals surface area contributed by atoms with E-state index in [1.807, 2.05) is 25.1 Å². The summed E-state index contributed by atoms with van der Waals surface area (Å²) in [5.74, 6) is 2.80. The van der Waals surface area contributed by atoms with Crippen molar-refractivity contribution in [3.05, 3.63) is 33.3 Å².